The normalized spacial score (nSPS) is 27.3. The number of fused-ring (bicyclic) bond motifs is 1. The maximum absolute atomic E-state index is 12.5. The monoisotopic (exact) mass is 316 g/mol. The number of carbonyl (C=O) groups excluding carboxylic acids is 1. The SMILES string of the molecule is O=C(CN1CCOC[C@@]12CCOC2)Nc1ccc2c(c1)CCC2. The number of ether oxygens (including phenoxy) is 2. The quantitative estimate of drug-likeness (QED) is 0.920. The van der Waals surface area contributed by atoms with Gasteiger partial charge in [-0.25, -0.2) is 0 Å². The molecule has 23 heavy (non-hydrogen) atoms. The Morgan fingerprint density at radius 3 is 2.87 bits per heavy atom. The van der Waals surface area contributed by atoms with E-state index in [4.69, 9.17) is 9.47 Å². The van der Waals surface area contributed by atoms with Crippen LogP contribution < -0.4 is 5.32 Å². The fourth-order valence-corrected chi connectivity index (χ4v) is 4.00. The van der Waals surface area contributed by atoms with Crippen molar-refractivity contribution in [3.63, 3.8) is 0 Å². The molecule has 1 spiro atoms. The molecule has 0 saturated carbocycles. The maximum Gasteiger partial charge on any atom is 0.238 e. The third-order valence-corrected chi connectivity index (χ3v) is 5.35. The predicted octanol–water partition coefficient (Wildman–Crippen LogP) is 1.61. The van der Waals surface area contributed by atoms with Crippen molar-refractivity contribution in [2.24, 2.45) is 0 Å². The van der Waals surface area contributed by atoms with Crippen molar-refractivity contribution in [3.05, 3.63) is 29.3 Å². The van der Waals surface area contributed by atoms with Crippen molar-refractivity contribution in [3.8, 4) is 0 Å². The molecule has 0 bridgehead atoms. The molecule has 0 radical (unpaired) electrons. The van der Waals surface area contributed by atoms with Crippen molar-refractivity contribution in [2.45, 2.75) is 31.2 Å². The second-order valence-corrected chi connectivity index (χ2v) is 6.89. The number of carbonyl (C=O) groups is 1. The number of rotatable bonds is 3. The van der Waals surface area contributed by atoms with Crippen LogP contribution in [0.1, 0.15) is 24.0 Å². The molecule has 124 valence electrons. The van der Waals surface area contributed by atoms with E-state index in [0.29, 0.717) is 26.4 Å². The smallest absolute Gasteiger partial charge is 0.238 e. The first-order valence-corrected chi connectivity index (χ1v) is 8.57. The Kier molecular flexibility index (Phi) is 4.09. The first-order chi connectivity index (χ1) is 11.3. The predicted molar refractivity (Wildman–Crippen MR) is 87.7 cm³/mol. The number of nitrogens with zero attached hydrogens (tertiary/aromatic N) is 1. The van der Waals surface area contributed by atoms with Gasteiger partial charge in [0.1, 0.15) is 0 Å². The van der Waals surface area contributed by atoms with Gasteiger partial charge in [0.05, 0.1) is 31.9 Å². The lowest BCUT2D eigenvalue weighted by atomic mass is 9.96. The Labute approximate surface area is 136 Å². The van der Waals surface area contributed by atoms with Crippen molar-refractivity contribution < 1.29 is 14.3 Å². The van der Waals surface area contributed by atoms with Gasteiger partial charge in [0, 0.05) is 18.8 Å². The summed E-state index contributed by atoms with van der Waals surface area (Å²) in [6.45, 7) is 3.98. The van der Waals surface area contributed by atoms with E-state index in [1.165, 1.54) is 24.0 Å². The number of anilines is 1. The number of nitrogens with one attached hydrogen (secondary N) is 1. The Morgan fingerprint density at radius 1 is 1.17 bits per heavy atom. The molecular weight excluding hydrogens is 292 g/mol. The largest absolute Gasteiger partial charge is 0.379 e. The molecule has 1 aromatic rings. The lowest BCUT2D eigenvalue weighted by Crippen LogP contribution is -2.59. The van der Waals surface area contributed by atoms with E-state index >= 15 is 0 Å². The summed E-state index contributed by atoms with van der Waals surface area (Å²) in [7, 11) is 0. The van der Waals surface area contributed by atoms with Gasteiger partial charge in [-0.15, -0.1) is 0 Å². The highest BCUT2D eigenvalue weighted by molar-refractivity contribution is 5.92. The summed E-state index contributed by atoms with van der Waals surface area (Å²) in [4.78, 5) is 14.7. The standard InChI is InChI=1S/C18H24N2O3/c21-17(19-16-5-4-14-2-1-3-15(14)10-16)11-20-7-9-23-13-18(20)6-8-22-12-18/h4-5,10H,1-3,6-9,11-13H2,(H,19,21)/t18-/m0/s1. The van der Waals surface area contributed by atoms with Crippen molar-refractivity contribution in [1.82, 2.24) is 4.90 Å². The third-order valence-electron chi connectivity index (χ3n) is 5.35. The highest BCUT2D eigenvalue weighted by Crippen LogP contribution is 2.29. The number of hydrogen-bond acceptors (Lipinski definition) is 4. The molecule has 1 atom stereocenters. The van der Waals surface area contributed by atoms with Gasteiger partial charge in [-0.2, -0.15) is 0 Å². The zero-order valence-electron chi connectivity index (χ0n) is 13.5. The molecule has 1 aliphatic carbocycles. The second-order valence-electron chi connectivity index (χ2n) is 6.89. The molecule has 5 heteroatoms. The summed E-state index contributed by atoms with van der Waals surface area (Å²) in [5.74, 6) is 0.0520. The van der Waals surface area contributed by atoms with Gasteiger partial charge in [-0.05, 0) is 48.9 Å². The molecule has 1 N–H and O–H groups in total. The molecular formula is C18H24N2O3. The molecule has 0 unspecified atom stereocenters. The van der Waals surface area contributed by atoms with Crippen LogP contribution in [-0.2, 0) is 27.1 Å². The number of benzene rings is 1. The summed E-state index contributed by atoms with van der Waals surface area (Å²) in [5.41, 5.74) is 3.63. The average molecular weight is 316 g/mol. The summed E-state index contributed by atoms with van der Waals surface area (Å²) >= 11 is 0. The van der Waals surface area contributed by atoms with Gasteiger partial charge in [-0.3, -0.25) is 9.69 Å². The van der Waals surface area contributed by atoms with E-state index in [2.05, 4.69) is 22.3 Å². The van der Waals surface area contributed by atoms with E-state index in [0.717, 1.165) is 31.7 Å². The van der Waals surface area contributed by atoms with Crippen molar-refractivity contribution in [1.29, 1.82) is 0 Å². The topological polar surface area (TPSA) is 50.8 Å². The van der Waals surface area contributed by atoms with Gasteiger partial charge in [0.15, 0.2) is 0 Å². The van der Waals surface area contributed by atoms with E-state index in [-0.39, 0.29) is 11.4 Å². The minimum atomic E-state index is -0.104. The molecule has 4 rings (SSSR count). The van der Waals surface area contributed by atoms with Crippen LogP contribution in [-0.4, -0.2) is 55.9 Å². The van der Waals surface area contributed by atoms with Gasteiger partial charge in [0.25, 0.3) is 0 Å². The fraction of sp³-hybridized carbons (Fsp3) is 0.611. The van der Waals surface area contributed by atoms with E-state index in [1.807, 2.05) is 6.07 Å². The van der Waals surface area contributed by atoms with Crippen LogP contribution in [0.2, 0.25) is 0 Å². The molecule has 3 aliphatic rings. The molecule has 1 amide bonds. The van der Waals surface area contributed by atoms with Crippen LogP contribution in [0.5, 0.6) is 0 Å². The van der Waals surface area contributed by atoms with Crippen molar-refractivity contribution in [2.75, 3.05) is 44.8 Å². The molecule has 5 nitrogen and oxygen atoms in total. The molecule has 2 fully saturated rings. The number of amides is 1. The summed E-state index contributed by atoms with van der Waals surface area (Å²) in [6.07, 6.45) is 4.46. The van der Waals surface area contributed by atoms with E-state index in [1.54, 1.807) is 0 Å². The van der Waals surface area contributed by atoms with Crippen LogP contribution in [0.4, 0.5) is 5.69 Å². The van der Waals surface area contributed by atoms with E-state index in [9.17, 15) is 4.79 Å². The first kappa shape index (κ1) is 15.1. The Hall–Kier alpha value is -1.43. The lowest BCUT2D eigenvalue weighted by Gasteiger charge is -2.43. The van der Waals surface area contributed by atoms with Crippen molar-refractivity contribution >= 4 is 11.6 Å². The van der Waals surface area contributed by atoms with Crippen LogP contribution >= 0.6 is 0 Å². The lowest BCUT2D eigenvalue weighted by molar-refractivity contribution is -0.124. The fourth-order valence-electron chi connectivity index (χ4n) is 4.00. The van der Waals surface area contributed by atoms with Crippen LogP contribution in [0.3, 0.4) is 0 Å². The molecule has 2 heterocycles. The number of aryl methyl sites for hydroxylation is 2. The maximum atomic E-state index is 12.5. The number of hydrogen-bond donors (Lipinski definition) is 1. The zero-order valence-corrected chi connectivity index (χ0v) is 13.5. The highest BCUT2D eigenvalue weighted by atomic mass is 16.5. The van der Waals surface area contributed by atoms with Crippen LogP contribution in [0, 0.1) is 0 Å². The van der Waals surface area contributed by atoms with Gasteiger partial charge >= 0.3 is 0 Å². The summed E-state index contributed by atoms with van der Waals surface area (Å²) in [6, 6.07) is 6.31. The third kappa shape index (κ3) is 3.01. The average Bonchev–Trinajstić information content (AvgIpc) is 3.19. The van der Waals surface area contributed by atoms with Gasteiger partial charge in [-0.1, -0.05) is 6.07 Å². The summed E-state index contributed by atoms with van der Waals surface area (Å²) < 4.78 is 11.2. The zero-order chi connectivity index (χ0) is 15.7. The molecule has 1 aromatic carbocycles. The van der Waals surface area contributed by atoms with Gasteiger partial charge in [0.2, 0.25) is 5.91 Å². The highest BCUT2D eigenvalue weighted by Gasteiger charge is 2.43. The van der Waals surface area contributed by atoms with E-state index < -0.39 is 0 Å². The minimum absolute atomic E-state index is 0.0520. The Bertz CT molecular complexity index is 596. The van der Waals surface area contributed by atoms with Gasteiger partial charge < -0.3 is 14.8 Å². The molecule has 2 saturated heterocycles. The minimum Gasteiger partial charge on any atom is -0.379 e. The Balaban J connectivity index is 1.41. The first-order valence-electron chi connectivity index (χ1n) is 8.57. The second kappa shape index (κ2) is 6.23. The van der Waals surface area contributed by atoms with Crippen LogP contribution in [0.15, 0.2) is 18.2 Å². The Morgan fingerprint density at radius 2 is 2.00 bits per heavy atom. The van der Waals surface area contributed by atoms with Crippen LogP contribution in [0.25, 0.3) is 0 Å². The number of morpholine rings is 1. The summed E-state index contributed by atoms with van der Waals surface area (Å²) in [5, 5.41) is 3.06. The molecule has 0 aromatic heterocycles. The molecule has 2 aliphatic heterocycles.